The Morgan fingerprint density at radius 2 is 2.05 bits per heavy atom. The van der Waals surface area contributed by atoms with Gasteiger partial charge in [-0.1, -0.05) is 12.1 Å². The number of aromatic amines is 1. The van der Waals surface area contributed by atoms with Crippen molar-refractivity contribution in [3.8, 4) is 17.0 Å². The summed E-state index contributed by atoms with van der Waals surface area (Å²) in [4.78, 5) is 18.9. The number of ether oxygens (including phenoxy) is 1. The smallest absolute Gasteiger partial charge is 0.262 e. The molecule has 1 fully saturated rings. The molecule has 1 aliphatic rings. The first-order chi connectivity index (χ1) is 10.0. The second kappa shape index (κ2) is 5.29. The third kappa shape index (κ3) is 2.67. The van der Waals surface area contributed by atoms with E-state index in [9.17, 15) is 14.3 Å². The van der Waals surface area contributed by atoms with Crippen LogP contribution in [-0.4, -0.2) is 21.2 Å². The Morgan fingerprint density at radius 1 is 1.33 bits per heavy atom. The summed E-state index contributed by atoms with van der Waals surface area (Å²) in [5.74, 6) is -0.455. The van der Waals surface area contributed by atoms with Crippen molar-refractivity contribution in [2.45, 2.75) is 32.0 Å². The number of H-pyrrole nitrogens is 1. The molecule has 0 bridgehead atoms. The van der Waals surface area contributed by atoms with Crippen LogP contribution in [0.2, 0.25) is 0 Å². The molecule has 1 saturated heterocycles. The predicted octanol–water partition coefficient (Wildman–Crippen LogP) is 2.52. The minimum atomic E-state index is -0.465. The van der Waals surface area contributed by atoms with E-state index < -0.39 is 11.4 Å². The average Bonchev–Trinajstić information content (AvgIpc) is 2.87. The fourth-order valence-corrected chi connectivity index (χ4v) is 2.51. The van der Waals surface area contributed by atoms with Gasteiger partial charge in [0.25, 0.3) is 5.56 Å². The van der Waals surface area contributed by atoms with Crippen molar-refractivity contribution >= 4 is 0 Å². The van der Waals surface area contributed by atoms with Crippen LogP contribution in [0.5, 0.6) is 5.88 Å². The van der Waals surface area contributed by atoms with Crippen LogP contribution in [0, 0.1) is 5.82 Å². The molecule has 2 unspecified atom stereocenters. The van der Waals surface area contributed by atoms with Crippen molar-refractivity contribution in [2.24, 2.45) is 0 Å². The quantitative estimate of drug-likeness (QED) is 0.891. The van der Waals surface area contributed by atoms with E-state index >= 15 is 0 Å². The number of hydrogen-bond donors (Lipinski definition) is 2. The molecule has 110 valence electrons. The summed E-state index contributed by atoms with van der Waals surface area (Å²) in [6.45, 7) is 1.95. The Balaban J connectivity index is 2.00. The monoisotopic (exact) mass is 290 g/mol. The van der Waals surface area contributed by atoms with Crippen molar-refractivity contribution in [3.05, 3.63) is 46.3 Å². The summed E-state index contributed by atoms with van der Waals surface area (Å²) in [5.41, 5.74) is -0.0213. The SMILES string of the molecule is CC1CCC(c2nc(O)c(-c3ccc(F)cc3)c(=O)[nH]2)O1. The first-order valence-corrected chi connectivity index (χ1v) is 6.79. The molecule has 0 saturated carbocycles. The normalized spacial score (nSPS) is 21.6. The van der Waals surface area contributed by atoms with E-state index in [1.807, 2.05) is 6.92 Å². The topological polar surface area (TPSA) is 75.2 Å². The van der Waals surface area contributed by atoms with Crippen LogP contribution in [0.15, 0.2) is 29.1 Å². The summed E-state index contributed by atoms with van der Waals surface area (Å²) in [6.07, 6.45) is 1.44. The van der Waals surface area contributed by atoms with Crippen LogP contribution >= 0.6 is 0 Å². The minimum absolute atomic E-state index is 0.0322. The number of aromatic nitrogens is 2. The summed E-state index contributed by atoms with van der Waals surface area (Å²) in [6, 6.07) is 5.30. The maximum atomic E-state index is 12.9. The van der Waals surface area contributed by atoms with E-state index in [-0.39, 0.29) is 23.7 Å². The van der Waals surface area contributed by atoms with Gasteiger partial charge in [0, 0.05) is 0 Å². The maximum Gasteiger partial charge on any atom is 0.262 e. The van der Waals surface area contributed by atoms with Crippen molar-refractivity contribution in [2.75, 3.05) is 0 Å². The molecule has 6 heteroatoms. The molecule has 2 N–H and O–H groups in total. The lowest BCUT2D eigenvalue weighted by molar-refractivity contribution is 0.0498. The molecule has 2 heterocycles. The number of halogens is 1. The molecule has 1 aromatic carbocycles. The first-order valence-electron chi connectivity index (χ1n) is 6.79. The lowest BCUT2D eigenvalue weighted by atomic mass is 10.1. The second-order valence-corrected chi connectivity index (χ2v) is 5.17. The van der Waals surface area contributed by atoms with Gasteiger partial charge < -0.3 is 14.8 Å². The zero-order valence-electron chi connectivity index (χ0n) is 11.5. The Morgan fingerprint density at radius 3 is 2.62 bits per heavy atom. The molecule has 0 spiro atoms. The van der Waals surface area contributed by atoms with Crippen molar-refractivity contribution in [1.29, 1.82) is 0 Å². The molecule has 2 aromatic rings. The number of nitrogens with one attached hydrogen (secondary N) is 1. The molecule has 0 amide bonds. The highest BCUT2D eigenvalue weighted by Gasteiger charge is 2.26. The van der Waals surface area contributed by atoms with E-state index in [0.717, 1.165) is 12.8 Å². The number of hydrogen-bond acceptors (Lipinski definition) is 4. The fourth-order valence-electron chi connectivity index (χ4n) is 2.51. The minimum Gasteiger partial charge on any atom is -0.493 e. The van der Waals surface area contributed by atoms with Crippen LogP contribution in [0.1, 0.15) is 31.7 Å². The Labute approximate surface area is 120 Å². The van der Waals surface area contributed by atoms with E-state index in [0.29, 0.717) is 11.4 Å². The average molecular weight is 290 g/mol. The third-order valence-electron chi connectivity index (χ3n) is 3.59. The zero-order valence-corrected chi connectivity index (χ0v) is 11.5. The van der Waals surface area contributed by atoms with Gasteiger partial charge in [-0.15, -0.1) is 0 Å². The van der Waals surface area contributed by atoms with Gasteiger partial charge in [-0.25, -0.2) is 4.39 Å². The van der Waals surface area contributed by atoms with Gasteiger partial charge in [-0.3, -0.25) is 4.79 Å². The third-order valence-corrected chi connectivity index (χ3v) is 3.59. The zero-order chi connectivity index (χ0) is 15.0. The van der Waals surface area contributed by atoms with Gasteiger partial charge >= 0.3 is 0 Å². The lowest BCUT2D eigenvalue weighted by Crippen LogP contribution is -2.16. The van der Waals surface area contributed by atoms with E-state index in [1.54, 1.807) is 0 Å². The molecule has 21 heavy (non-hydrogen) atoms. The Kier molecular flexibility index (Phi) is 3.47. The van der Waals surface area contributed by atoms with Crippen molar-refractivity contribution < 1.29 is 14.2 Å². The summed E-state index contributed by atoms with van der Waals surface area (Å²) in [5, 5.41) is 10.0. The molecular formula is C15H15FN2O3. The summed E-state index contributed by atoms with van der Waals surface area (Å²) in [7, 11) is 0. The van der Waals surface area contributed by atoms with Crippen molar-refractivity contribution in [3.63, 3.8) is 0 Å². The van der Waals surface area contributed by atoms with E-state index in [1.165, 1.54) is 24.3 Å². The highest BCUT2D eigenvalue weighted by atomic mass is 19.1. The maximum absolute atomic E-state index is 12.9. The molecule has 3 rings (SSSR count). The Hall–Kier alpha value is -2.21. The van der Waals surface area contributed by atoms with Crippen LogP contribution < -0.4 is 5.56 Å². The predicted molar refractivity (Wildman–Crippen MR) is 74.4 cm³/mol. The van der Waals surface area contributed by atoms with E-state index in [2.05, 4.69) is 9.97 Å². The molecule has 2 atom stereocenters. The van der Waals surface area contributed by atoms with Gasteiger partial charge in [0.15, 0.2) is 0 Å². The molecule has 0 aliphatic carbocycles. The summed E-state index contributed by atoms with van der Waals surface area (Å²) >= 11 is 0. The van der Waals surface area contributed by atoms with Gasteiger partial charge in [-0.2, -0.15) is 4.98 Å². The highest BCUT2D eigenvalue weighted by molar-refractivity contribution is 5.67. The van der Waals surface area contributed by atoms with Gasteiger partial charge in [-0.05, 0) is 37.5 Å². The van der Waals surface area contributed by atoms with Gasteiger partial charge in [0.2, 0.25) is 5.88 Å². The van der Waals surface area contributed by atoms with Crippen LogP contribution in [-0.2, 0) is 4.74 Å². The van der Waals surface area contributed by atoms with Crippen LogP contribution in [0.3, 0.4) is 0 Å². The van der Waals surface area contributed by atoms with Crippen molar-refractivity contribution in [1.82, 2.24) is 9.97 Å². The molecule has 1 aromatic heterocycles. The number of rotatable bonds is 2. The second-order valence-electron chi connectivity index (χ2n) is 5.17. The summed E-state index contributed by atoms with van der Waals surface area (Å²) < 4.78 is 18.6. The number of benzene rings is 1. The van der Waals surface area contributed by atoms with Gasteiger partial charge in [0.05, 0.1) is 6.10 Å². The number of nitrogens with zero attached hydrogens (tertiary/aromatic N) is 1. The molecule has 5 nitrogen and oxygen atoms in total. The Bertz CT molecular complexity index is 712. The van der Waals surface area contributed by atoms with Crippen LogP contribution in [0.4, 0.5) is 4.39 Å². The van der Waals surface area contributed by atoms with Crippen LogP contribution in [0.25, 0.3) is 11.1 Å². The molecular weight excluding hydrogens is 275 g/mol. The van der Waals surface area contributed by atoms with Gasteiger partial charge in [0.1, 0.15) is 23.3 Å². The lowest BCUT2D eigenvalue weighted by Gasteiger charge is -2.12. The van der Waals surface area contributed by atoms with E-state index in [4.69, 9.17) is 4.74 Å². The highest BCUT2D eigenvalue weighted by Crippen LogP contribution is 2.32. The standard InChI is InChI=1S/C15H15FN2O3/c1-8-2-7-11(21-8)13-17-14(19)12(15(20)18-13)9-3-5-10(16)6-4-9/h3-6,8,11H,2,7H2,1H3,(H2,17,18,19,20). The number of aromatic hydroxyl groups is 1. The first kappa shape index (κ1) is 13.8. The fraction of sp³-hybridized carbons (Fsp3) is 0.333. The molecule has 1 aliphatic heterocycles. The largest absolute Gasteiger partial charge is 0.493 e. The molecule has 0 radical (unpaired) electrons.